The standard InChI is InChI=1S/C19H15NO2/c1-13(21)14-6-8-16(9-7-14)19(22)20-18-11-10-15-4-2-3-5-17(15)12-18/h2-12H,1H3,(H,20,22). The van der Waals surface area contributed by atoms with Crippen molar-refractivity contribution in [1.29, 1.82) is 0 Å². The number of carbonyl (C=O) groups is 2. The van der Waals surface area contributed by atoms with Gasteiger partial charge in [0, 0.05) is 16.8 Å². The minimum Gasteiger partial charge on any atom is -0.322 e. The minimum atomic E-state index is -0.189. The maximum absolute atomic E-state index is 12.2. The quantitative estimate of drug-likeness (QED) is 0.731. The summed E-state index contributed by atoms with van der Waals surface area (Å²) in [7, 11) is 0. The van der Waals surface area contributed by atoms with Crippen molar-refractivity contribution in [3.63, 3.8) is 0 Å². The molecule has 0 heterocycles. The summed E-state index contributed by atoms with van der Waals surface area (Å²) in [5.74, 6) is -0.202. The first-order chi connectivity index (χ1) is 10.6. The third-order valence-corrected chi connectivity index (χ3v) is 3.56. The van der Waals surface area contributed by atoms with Crippen LogP contribution in [0, 0.1) is 0 Å². The molecule has 0 unspecified atom stereocenters. The molecule has 108 valence electrons. The van der Waals surface area contributed by atoms with Crippen molar-refractivity contribution in [1.82, 2.24) is 0 Å². The van der Waals surface area contributed by atoms with Gasteiger partial charge in [0.2, 0.25) is 0 Å². The summed E-state index contributed by atoms with van der Waals surface area (Å²) in [5.41, 5.74) is 1.87. The lowest BCUT2D eigenvalue weighted by atomic mass is 10.1. The first-order valence-corrected chi connectivity index (χ1v) is 7.04. The molecule has 0 aromatic heterocycles. The Morgan fingerprint density at radius 1 is 0.773 bits per heavy atom. The summed E-state index contributed by atoms with van der Waals surface area (Å²) in [6.45, 7) is 1.50. The molecule has 0 aliphatic carbocycles. The zero-order valence-corrected chi connectivity index (χ0v) is 12.2. The van der Waals surface area contributed by atoms with E-state index in [2.05, 4.69) is 5.32 Å². The van der Waals surface area contributed by atoms with E-state index < -0.39 is 0 Å². The van der Waals surface area contributed by atoms with Gasteiger partial charge in [-0.05, 0) is 42.0 Å². The van der Waals surface area contributed by atoms with Crippen LogP contribution in [0.25, 0.3) is 10.8 Å². The van der Waals surface area contributed by atoms with Crippen LogP contribution in [0.1, 0.15) is 27.6 Å². The SMILES string of the molecule is CC(=O)c1ccc(C(=O)Nc2ccc3ccccc3c2)cc1. The number of fused-ring (bicyclic) bond motifs is 1. The summed E-state index contributed by atoms with van der Waals surface area (Å²) >= 11 is 0. The Morgan fingerprint density at radius 2 is 1.41 bits per heavy atom. The molecule has 0 aliphatic rings. The molecular weight excluding hydrogens is 274 g/mol. The molecule has 3 aromatic carbocycles. The van der Waals surface area contributed by atoms with E-state index in [0.29, 0.717) is 11.1 Å². The Balaban J connectivity index is 1.81. The van der Waals surface area contributed by atoms with Gasteiger partial charge in [-0.2, -0.15) is 0 Å². The number of ketones is 1. The van der Waals surface area contributed by atoms with Crippen LogP contribution in [0.5, 0.6) is 0 Å². The third kappa shape index (κ3) is 2.88. The average Bonchev–Trinajstić information content (AvgIpc) is 2.55. The Hall–Kier alpha value is -2.94. The molecule has 0 spiro atoms. The van der Waals surface area contributed by atoms with Gasteiger partial charge in [0.15, 0.2) is 5.78 Å². The van der Waals surface area contributed by atoms with Gasteiger partial charge >= 0.3 is 0 Å². The molecule has 0 bridgehead atoms. The maximum atomic E-state index is 12.2. The number of benzene rings is 3. The highest BCUT2D eigenvalue weighted by Gasteiger charge is 2.07. The van der Waals surface area contributed by atoms with Crippen LogP contribution in [0.2, 0.25) is 0 Å². The van der Waals surface area contributed by atoms with Crippen molar-refractivity contribution in [2.75, 3.05) is 5.32 Å². The normalized spacial score (nSPS) is 10.4. The van der Waals surface area contributed by atoms with E-state index in [9.17, 15) is 9.59 Å². The fourth-order valence-corrected chi connectivity index (χ4v) is 2.33. The molecule has 3 heteroatoms. The van der Waals surface area contributed by atoms with Crippen LogP contribution < -0.4 is 5.32 Å². The number of Topliss-reactive ketones (excluding diaryl/α,β-unsaturated/α-hetero) is 1. The maximum Gasteiger partial charge on any atom is 0.255 e. The van der Waals surface area contributed by atoms with Crippen LogP contribution in [-0.2, 0) is 0 Å². The summed E-state index contributed by atoms with van der Waals surface area (Å²) in [4.78, 5) is 23.5. The lowest BCUT2D eigenvalue weighted by molar-refractivity contribution is 0.101. The fourth-order valence-electron chi connectivity index (χ4n) is 2.33. The van der Waals surface area contributed by atoms with Crippen LogP contribution >= 0.6 is 0 Å². The molecule has 0 radical (unpaired) electrons. The molecule has 0 saturated carbocycles. The topological polar surface area (TPSA) is 46.2 Å². The second-order valence-electron chi connectivity index (χ2n) is 5.15. The van der Waals surface area contributed by atoms with E-state index in [0.717, 1.165) is 16.5 Å². The Kier molecular flexibility index (Phi) is 3.71. The monoisotopic (exact) mass is 289 g/mol. The van der Waals surface area contributed by atoms with E-state index in [1.165, 1.54) is 6.92 Å². The molecule has 3 rings (SSSR count). The van der Waals surface area contributed by atoms with Gasteiger partial charge in [-0.15, -0.1) is 0 Å². The van der Waals surface area contributed by atoms with Gasteiger partial charge in [-0.3, -0.25) is 9.59 Å². The van der Waals surface area contributed by atoms with Crippen LogP contribution in [0.15, 0.2) is 66.7 Å². The van der Waals surface area contributed by atoms with Gasteiger partial charge in [0.05, 0.1) is 0 Å². The smallest absolute Gasteiger partial charge is 0.255 e. The van der Waals surface area contributed by atoms with Crippen molar-refractivity contribution in [2.45, 2.75) is 6.92 Å². The first kappa shape index (κ1) is 14.0. The number of anilines is 1. The molecule has 0 atom stereocenters. The largest absolute Gasteiger partial charge is 0.322 e. The zero-order valence-electron chi connectivity index (χ0n) is 12.2. The van der Waals surface area contributed by atoms with Gasteiger partial charge in [-0.1, -0.05) is 42.5 Å². The number of rotatable bonds is 3. The summed E-state index contributed by atoms with van der Waals surface area (Å²) < 4.78 is 0. The van der Waals surface area contributed by atoms with Crippen LogP contribution in [0.3, 0.4) is 0 Å². The number of carbonyl (C=O) groups excluding carboxylic acids is 2. The average molecular weight is 289 g/mol. The number of nitrogens with one attached hydrogen (secondary N) is 1. The molecule has 3 aromatic rings. The fraction of sp³-hybridized carbons (Fsp3) is 0.0526. The van der Waals surface area contributed by atoms with E-state index >= 15 is 0 Å². The summed E-state index contributed by atoms with van der Waals surface area (Å²) in [6, 6.07) is 20.4. The van der Waals surface area contributed by atoms with E-state index in [1.807, 2.05) is 42.5 Å². The highest BCUT2D eigenvalue weighted by Crippen LogP contribution is 2.19. The molecule has 0 saturated heterocycles. The Morgan fingerprint density at radius 3 is 2.09 bits per heavy atom. The molecule has 0 fully saturated rings. The lowest BCUT2D eigenvalue weighted by Gasteiger charge is -2.07. The predicted molar refractivity (Wildman–Crippen MR) is 88.3 cm³/mol. The van der Waals surface area contributed by atoms with Gasteiger partial charge < -0.3 is 5.32 Å². The molecule has 22 heavy (non-hydrogen) atoms. The van der Waals surface area contributed by atoms with Crippen molar-refractivity contribution in [2.24, 2.45) is 0 Å². The lowest BCUT2D eigenvalue weighted by Crippen LogP contribution is -2.12. The molecule has 3 nitrogen and oxygen atoms in total. The van der Waals surface area contributed by atoms with E-state index in [4.69, 9.17) is 0 Å². The molecule has 0 aliphatic heterocycles. The second-order valence-corrected chi connectivity index (χ2v) is 5.15. The summed E-state index contributed by atoms with van der Waals surface area (Å²) in [6.07, 6.45) is 0. The van der Waals surface area contributed by atoms with Gasteiger partial charge in [0.1, 0.15) is 0 Å². The van der Waals surface area contributed by atoms with E-state index in [1.54, 1.807) is 24.3 Å². The number of hydrogen-bond donors (Lipinski definition) is 1. The van der Waals surface area contributed by atoms with Crippen molar-refractivity contribution < 1.29 is 9.59 Å². The Bertz CT molecular complexity index is 851. The predicted octanol–water partition coefficient (Wildman–Crippen LogP) is 4.29. The Labute approximate surface area is 128 Å². The van der Waals surface area contributed by atoms with Gasteiger partial charge in [0.25, 0.3) is 5.91 Å². The highest BCUT2D eigenvalue weighted by atomic mass is 16.1. The molecule has 1 amide bonds. The molecule has 1 N–H and O–H groups in total. The van der Waals surface area contributed by atoms with E-state index in [-0.39, 0.29) is 11.7 Å². The molecular formula is C19H15NO2. The summed E-state index contributed by atoms with van der Waals surface area (Å²) in [5, 5.41) is 5.08. The minimum absolute atomic E-state index is 0.0125. The number of hydrogen-bond acceptors (Lipinski definition) is 2. The van der Waals surface area contributed by atoms with Crippen LogP contribution in [0.4, 0.5) is 5.69 Å². The van der Waals surface area contributed by atoms with Gasteiger partial charge in [-0.25, -0.2) is 0 Å². The second kappa shape index (κ2) is 5.82. The zero-order chi connectivity index (χ0) is 15.5. The van der Waals surface area contributed by atoms with Crippen LogP contribution in [-0.4, -0.2) is 11.7 Å². The van der Waals surface area contributed by atoms with Crippen molar-refractivity contribution in [3.8, 4) is 0 Å². The van der Waals surface area contributed by atoms with Crippen molar-refractivity contribution >= 4 is 28.2 Å². The van der Waals surface area contributed by atoms with Crippen molar-refractivity contribution in [3.05, 3.63) is 77.9 Å². The number of amides is 1. The highest BCUT2D eigenvalue weighted by molar-refractivity contribution is 6.06. The third-order valence-electron chi connectivity index (χ3n) is 3.56. The first-order valence-electron chi connectivity index (χ1n) is 7.04.